The van der Waals surface area contributed by atoms with Crippen LogP contribution >= 0.6 is 11.8 Å². The Balaban J connectivity index is 2.08. The van der Waals surface area contributed by atoms with Crippen molar-refractivity contribution in [1.29, 1.82) is 0 Å². The van der Waals surface area contributed by atoms with Crippen LogP contribution in [-0.4, -0.2) is 24.2 Å². The van der Waals surface area contributed by atoms with Crippen LogP contribution in [0.3, 0.4) is 0 Å². The predicted octanol–water partition coefficient (Wildman–Crippen LogP) is 4.28. The molecule has 5 heteroatoms. The van der Waals surface area contributed by atoms with Crippen molar-refractivity contribution < 1.29 is 9.13 Å². The highest BCUT2D eigenvalue weighted by Crippen LogP contribution is 2.40. The Bertz CT molecular complexity index is 476. The van der Waals surface area contributed by atoms with Crippen LogP contribution in [0, 0.1) is 5.82 Å². The van der Waals surface area contributed by atoms with E-state index >= 15 is 0 Å². The van der Waals surface area contributed by atoms with Crippen LogP contribution in [0.4, 0.5) is 15.8 Å². The Morgan fingerprint density at radius 2 is 2.10 bits per heavy atom. The van der Waals surface area contributed by atoms with Gasteiger partial charge in [-0.3, -0.25) is 0 Å². The standard InChI is InChI=1S/C16H25FN2OS/c1-3-8-20-15-10-14(13(18)9-12(15)17)19-11-16(21-2)6-4-5-7-16/h9-10,19H,3-8,11,18H2,1-2H3. The molecule has 1 fully saturated rings. The van der Waals surface area contributed by atoms with E-state index in [0.717, 1.165) is 18.7 Å². The van der Waals surface area contributed by atoms with Gasteiger partial charge in [0.05, 0.1) is 18.0 Å². The van der Waals surface area contributed by atoms with Gasteiger partial charge in [0.2, 0.25) is 0 Å². The zero-order valence-corrected chi connectivity index (χ0v) is 13.7. The average Bonchev–Trinajstić information content (AvgIpc) is 2.95. The topological polar surface area (TPSA) is 47.3 Å². The van der Waals surface area contributed by atoms with E-state index in [0.29, 0.717) is 12.3 Å². The second-order valence-corrected chi connectivity index (χ2v) is 6.94. The second kappa shape index (κ2) is 7.25. The van der Waals surface area contributed by atoms with E-state index in [9.17, 15) is 4.39 Å². The first kappa shape index (κ1) is 16.3. The molecule has 1 aliphatic carbocycles. The van der Waals surface area contributed by atoms with Gasteiger partial charge in [-0.15, -0.1) is 0 Å². The van der Waals surface area contributed by atoms with Gasteiger partial charge in [-0.25, -0.2) is 4.39 Å². The molecule has 0 aliphatic heterocycles. The van der Waals surface area contributed by atoms with Gasteiger partial charge < -0.3 is 15.8 Å². The summed E-state index contributed by atoms with van der Waals surface area (Å²) in [5.41, 5.74) is 7.13. The van der Waals surface area contributed by atoms with Gasteiger partial charge in [0.25, 0.3) is 0 Å². The molecule has 3 nitrogen and oxygen atoms in total. The zero-order valence-electron chi connectivity index (χ0n) is 12.9. The van der Waals surface area contributed by atoms with Crippen molar-refractivity contribution >= 4 is 23.1 Å². The highest BCUT2D eigenvalue weighted by molar-refractivity contribution is 8.00. The number of halogens is 1. The van der Waals surface area contributed by atoms with Crippen molar-refractivity contribution in [2.45, 2.75) is 43.8 Å². The minimum atomic E-state index is -0.396. The summed E-state index contributed by atoms with van der Waals surface area (Å²) in [7, 11) is 0. The van der Waals surface area contributed by atoms with Crippen molar-refractivity contribution in [3.05, 3.63) is 17.9 Å². The number of nitrogen functional groups attached to an aromatic ring is 1. The van der Waals surface area contributed by atoms with Gasteiger partial charge >= 0.3 is 0 Å². The first-order chi connectivity index (χ1) is 10.1. The monoisotopic (exact) mass is 312 g/mol. The van der Waals surface area contributed by atoms with E-state index in [4.69, 9.17) is 10.5 Å². The third-order valence-corrected chi connectivity index (χ3v) is 5.53. The number of anilines is 2. The number of hydrogen-bond donors (Lipinski definition) is 2. The number of nitrogens with two attached hydrogens (primary N) is 1. The molecule has 0 spiro atoms. The molecule has 0 saturated heterocycles. The van der Waals surface area contributed by atoms with E-state index in [1.807, 2.05) is 18.7 Å². The lowest BCUT2D eigenvalue weighted by Gasteiger charge is -2.28. The number of thioether (sulfide) groups is 1. The Labute approximate surface area is 130 Å². The fourth-order valence-corrected chi connectivity index (χ4v) is 3.69. The second-order valence-electron chi connectivity index (χ2n) is 5.67. The largest absolute Gasteiger partial charge is 0.490 e. The van der Waals surface area contributed by atoms with Gasteiger partial charge in [-0.2, -0.15) is 11.8 Å². The maximum Gasteiger partial charge on any atom is 0.167 e. The van der Waals surface area contributed by atoms with Crippen LogP contribution < -0.4 is 15.8 Å². The molecule has 1 aromatic rings. The van der Waals surface area contributed by atoms with Gasteiger partial charge in [0.15, 0.2) is 11.6 Å². The smallest absolute Gasteiger partial charge is 0.167 e. The summed E-state index contributed by atoms with van der Waals surface area (Å²) in [4.78, 5) is 0. The summed E-state index contributed by atoms with van der Waals surface area (Å²) >= 11 is 1.92. The van der Waals surface area contributed by atoms with Crippen molar-refractivity contribution in [2.24, 2.45) is 0 Å². The Kier molecular flexibility index (Phi) is 5.62. The maximum atomic E-state index is 13.8. The molecule has 1 aliphatic rings. The minimum absolute atomic E-state index is 0.276. The molecule has 0 radical (unpaired) electrons. The molecule has 0 unspecified atom stereocenters. The van der Waals surface area contributed by atoms with E-state index < -0.39 is 5.82 Å². The molecule has 3 N–H and O–H groups in total. The average molecular weight is 312 g/mol. The number of rotatable bonds is 7. The summed E-state index contributed by atoms with van der Waals surface area (Å²) in [5.74, 6) is -0.120. The maximum absolute atomic E-state index is 13.8. The van der Waals surface area contributed by atoms with Crippen LogP contribution in [0.2, 0.25) is 0 Å². The predicted molar refractivity (Wildman–Crippen MR) is 89.8 cm³/mol. The molecule has 21 heavy (non-hydrogen) atoms. The fourth-order valence-electron chi connectivity index (χ4n) is 2.77. The Morgan fingerprint density at radius 1 is 1.38 bits per heavy atom. The Morgan fingerprint density at radius 3 is 2.71 bits per heavy atom. The quantitative estimate of drug-likeness (QED) is 0.738. The van der Waals surface area contributed by atoms with Crippen molar-refractivity contribution in [3.63, 3.8) is 0 Å². The van der Waals surface area contributed by atoms with E-state index in [1.54, 1.807) is 6.07 Å². The van der Waals surface area contributed by atoms with E-state index in [2.05, 4.69) is 11.6 Å². The third-order valence-electron chi connectivity index (χ3n) is 4.11. The lowest BCUT2D eigenvalue weighted by Crippen LogP contribution is -2.30. The SMILES string of the molecule is CCCOc1cc(NCC2(SC)CCCC2)c(N)cc1F. The minimum Gasteiger partial charge on any atom is -0.490 e. The van der Waals surface area contributed by atoms with E-state index in [-0.39, 0.29) is 10.5 Å². The highest BCUT2D eigenvalue weighted by Gasteiger charge is 2.32. The van der Waals surface area contributed by atoms with Crippen LogP contribution in [0.1, 0.15) is 39.0 Å². The van der Waals surface area contributed by atoms with Crippen LogP contribution in [0.15, 0.2) is 12.1 Å². The molecule has 0 heterocycles. The lowest BCUT2D eigenvalue weighted by atomic mass is 10.1. The summed E-state index contributed by atoms with van der Waals surface area (Å²) in [6.45, 7) is 3.36. The van der Waals surface area contributed by atoms with Crippen LogP contribution in [0.25, 0.3) is 0 Å². The molecular weight excluding hydrogens is 287 g/mol. The number of hydrogen-bond acceptors (Lipinski definition) is 4. The first-order valence-electron chi connectivity index (χ1n) is 7.61. The summed E-state index contributed by atoms with van der Waals surface area (Å²) in [6, 6.07) is 3.02. The third kappa shape index (κ3) is 3.96. The number of ether oxygens (including phenoxy) is 1. The van der Waals surface area contributed by atoms with E-state index in [1.165, 1.54) is 31.7 Å². The number of nitrogens with one attached hydrogen (secondary N) is 1. The van der Waals surface area contributed by atoms with Crippen LogP contribution in [-0.2, 0) is 0 Å². The summed E-state index contributed by atoms with van der Waals surface area (Å²) in [6.07, 6.45) is 8.03. The molecule has 2 rings (SSSR count). The molecule has 0 aromatic heterocycles. The zero-order chi connectivity index (χ0) is 15.3. The van der Waals surface area contributed by atoms with Gasteiger partial charge in [-0.1, -0.05) is 19.8 Å². The molecule has 0 atom stereocenters. The van der Waals surface area contributed by atoms with Gasteiger partial charge in [0, 0.05) is 23.4 Å². The van der Waals surface area contributed by atoms with Gasteiger partial charge in [-0.05, 0) is 25.5 Å². The van der Waals surface area contributed by atoms with Crippen molar-refractivity contribution in [3.8, 4) is 5.75 Å². The first-order valence-corrected chi connectivity index (χ1v) is 8.83. The lowest BCUT2D eigenvalue weighted by molar-refractivity contribution is 0.301. The fraction of sp³-hybridized carbons (Fsp3) is 0.625. The molecule has 0 bridgehead atoms. The number of benzene rings is 1. The van der Waals surface area contributed by atoms with Gasteiger partial charge in [0.1, 0.15) is 0 Å². The molecule has 1 aromatic carbocycles. The molecule has 118 valence electrons. The summed E-state index contributed by atoms with van der Waals surface area (Å²) in [5, 5.41) is 3.40. The molecule has 1 saturated carbocycles. The summed E-state index contributed by atoms with van der Waals surface area (Å²) < 4.78 is 19.5. The normalized spacial score (nSPS) is 16.9. The van der Waals surface area contributed by atoms with Crippen LogP contribution in [0.5, 0.6) is 5.75 Å². The highest BCUT2D eigenvalue weighted by atomic mass is 32.2. The van der Waals surface area contributed by atoms with Crippen molar-refractivity contribution in [1.82, 2.24) is 0 Å². The Hall–Kier alpha value is -1.10. The molecular formula is C16H25FN2OS. The molecule has 0 amide bonds. The van der Waals surface area contributed by atoms with Crippen molar-refractivity contribution in [2.75, 3.05) is 30.5 Å².